The molecular weight excluding hydrogens is 414 g/mol. The van der Waals surface area contributed by atoms with Gasteiger partial charge in [-0.3, -0.25) is 4.79 Å². The summed E-state index contributed by atoms with van der Waals surface area (Å²) in [5.74, 6) is -1.50. The van der Waals surface area contributed by atoms with Crippen LogP contribution >= 0.6 is 0 Å². The van der Waals surface area contributed by atoms with Gasteiger partial charge in [0.25, 0.3) is 0 Å². The van der Waals surface area contributed by atoms with E-state index in [0.717, 1.165) is 36.0 Å². The molecule has 9 heteroatoms. The Kier molecular flexibility index (Phi) is 6.04. The van der Waals surface area contributed by atoms with E-state index in [4.69, 9.17) is 0 Å². The van der Waals surface area contributed by atoms with Crippen molar-refractivity contribution in [2.75, 3.05) is 24.5 Å². The summed E-state index contributed by atoms with van der Waals surface area (Å²) in [4.78, 5) is 18.9. The molecule has 1 amide bonds. The van der Waals surface area contributed by atoms with Crippen molar-refractivity contribution in [1.82, 2.24) is 19.9 Å². The molecule has 0 bridgehead atoms. The predicted molar refractivity (Wildman–Crippen MR) is 115 cm³/mol. The summed E-state index contributed by atoms with van der Waals surface area (Å²) < 4.78 is 28.3. The van der Waals surface area contributed by atoms with Crippen LogP contribution in [0.15, 0.2) is 24.4 Å². The van der Waals surface area contributed by atoms with Crippen LogP contribution in [0.3, 0.4) is 0 Å². The van der Waals surface area contributed by atoms with Gasteiger partial charge in [-0.05, 0) is 50.3 Å². The van der Waals surface area contributed by atoms with Crippen molar-refractivity contribution < 1.29 is 13.6 Å². The molecule has 1 aromatic carbocycles. The number of nitrogens with zero attached hydrogens (tertiary/aromatic N) is 5. The first-order valence-electron chi connectivity index (χ1n) is 10.6. The van der Waals surface area contributed by atoms with E-state index >= 15 is 0 Å². The second-order valence-electron chi connectivity index (χ2n) is 8.17. The fourth-order valence-electron chi connectivity index (χ4n) is 4.25. The first-order valence-corrected chi connectivity index (χ1v) is 10.6. The standard InChI is InChI=1S/C23H24F2N6O/c1-14-19(15(2)31-23(29-14)17(10-26)12-28-31)4-6-22(32)27-11-16-7-8-30(13-16)18-3-5-20(24)21(25)9-18/h3,5,9,12,16H,4,6-8,11,13H2,1-2H3,(H,27,32). The van der Waals surface area contributed by atoms with Crippen LogP contribution < -0.4 is 10.2 Å². The number of anilines is 1. The highest BCUT2D eigenvalue weighted by atomic mass is 19.2. The average Bonchev–Trinajstić information content (AvgIpc) is 3.41. The fourth-order valence-corrected chi connectivity index (χ4v) is 4.25. The number of fused-ring (bicyclic) bond motifs is 1. The van der Waals surface area contributed by atoms with Crippen molar-refractivity contribution in [3.05, 3.63) is 58.5 Å². The molecule has 0 spiro atoms. The molecule has 4 rings (SSSR count). The van der Waals surface area contributed by atoms with Gasteiger partial charge in [-0.15, -0.1) is 0 Å². The predicted octanol–water partition coefficient (Wildman–Crippen LogP) is 3.07. The van der Waals surface area contributed by atoms with E-state index < -0.39 is 11.6 Å². The number of aromatic nitrogens is 3. The highest BCUT2D eigenvalue weighted by molar-refractivity contribution is 5.76. The number of nitrogens with one attached hydrogen (secondary N) is 1. The molecule has 1 N–H and O–H groups in total. The van der Waals surface area contributed by atoms with Crippen LogP contribution in [0.4, 0.5) is 14.5 Å². The van der Waals surface area contributed by atoms with Crippen LogP contribution in [-0.4, -0.2) is 40.1 Å². The molecule has 0 radical (unpaired) electrons. The van der Waals surface area contributed by atoms with Crippen LogP contribution in [0.25, 0.3) is 5.65 Å². The quantitative estimate of drug-likeness (QED) is 0.639. The van der Waals surface area contributed by atoms with Crippen LogP contribution in [0.1, 0.15) is 35.4 Å². The Morgan fingerprint density at radius 2 is 2.12 bits per heavy atom. The molecule has 3 aromatic rings. The zero-order chi connectivity index (χ0) is 22.8. The van der Waals surface area contributed by atoms with Gasteiger partial charge in [0.15, 0.2) is 17.3 Å². The van der Waals surface area contributed by atoms with Crippen LogP contribution in [0.2, 0.25) is 0 Å². The van der Waals surface area contributed by atoms with Gasteiger partial charge in [0.05, 0.1) is 6.20 Å². The number of rotatable bonds is 6. The van der Waals surface area contributed by atoms with Gasteiger partial charge in [-0.1, -0.05) is 0 Å². The highest BCUT2D eigenvalue weighted by Gasteiger charge is 2.24. The Balaban J connectivity index is 1.30. The number of aryl methyl sites for hydroxylation is 2. The van der Waals surface area contributed by atoms with Gasteiger partial charge >= 0.3 is 0 Å². The zero-order valence-electron chi connectivity index (χ0n) is 18.0. The van der Waals surface area contributed by atoms with Crippen LogP contribution in [0, 0.1) is 42.7 Å². The molecule has 3 heterocycles. The second-order valence-corrected chi connectivity index (χ2v) is 8.17. The van der Waals surface area contributed by atoms with Crippen molar-refractivity contribution in [3.63, 3.8) is 0 Å². The van der Waals surface area contributed by atoms with E-state index in [2.05, 4.69) is 21.5 Å². The normalized spacial score (nSPS) is 15.8. The van der Waals surface area contributed by atoms with Gasteiger partial charge in [-0.2, -0.15) is 10.4 Å². The molecule has 1 fully saturated rings. The third-order valence-electron chi connectivity index (χ3n) is 6.07. The minimum absolute atomic E-state index is 0.0478. The molecular formula is C23H24F2N6O. The zero-order valence-corrected chi connectivity index (χ0v) is 18.0. The molecule has 0 saturated carbocycles. The Hall–Kier alpha value is -3.54. The third-order valence-corrected chi connectivity index (χ3v) is 6.07. The lowest BCUT2D eigenvalue weighted by Crippen LogP contribution is -2.31. The number of benzene rings is 1. The number of hydrogen-bond donors (Lipinski definition) is 1. The van der Waals surface area contributed by atoms with Gasteiger partial charge < -0.3 is 10.2 Å². The molecule has 1 unspecified atom stereocenters. The molecule has 1 aliphatic rings. The molecule has 0 aliphatic carbocycles. The summed E-state index contributed by atoms with van der Waals surface area (Å²) in [5.41, 5.74) is 4.23. The molecule has 1 saturated heterocycles. The molecule has 7 nitrogen and oxygen atoms in total. The number of hydrogen-bond acceptors (Lipinski definition) is 5. The van der Waals surface area contributed by atoms with Crippen molar-refractivity contribution in [3.8, 4) is 6.07 Å². The van der Waals surface area contributed by atoms with Crippen molar-refractivity contribution in [2.45, 2.75) is 33.1 Å². The van der Waals surface area contributed by atoms with E-state index in [0.29, 0.717) is 42.8 Å². The van der Waals surface area contributed by atoms with Crippen molar-refractivity contribution in [2.24, 2.45) is 5.92 Å². The number of amides is 1. The van der Waals surface area contributed by atoms with Crippen molar-refractivity contribution >= 4 is 17.2 Å². The molecule has 1 atom stereocenters. The Morgan fingerprint density at radius 1 is 1.31 bits per heavy atom. The van der Waals surface area contributed by atoms with Gasteiger partial charge in [0.2, 0.25) is 5.91 Å². The van der Waals surface area contributed by atoms with E-state index in [1.54, 1.807) is 10.6 Å². The smallest absolute Gasteiger partial charge is 0.220 e. The van der Waals surface area contributed by atoms with E-state index in [1.165, 1.54) is 12.3 Å². The van der Waals surface area contributed by atoms with Gasteiger partial charge in [0.1, 0.15) is 11.6 Å². The van der Waals surface area contributed by atoms with E-state index in [-0.39, 0.29) is 11.8 Å². The lowest BCUT2D eigenvalue weighted by Gasteiger charge is -2.19. The lowest BCUT2D eigenvalue weighted by atomic mass is 10.1. The number of nitriles is 1. The monoisotopic (exact) mass is 438 g/mol. The minimum Gasteiger partial charge on any atom is -0.371 e. The number of carbonyl (C=O) groups is 1. The summed E-state index contributed by atoms with van der Waals surface area (Å²) in [6.45, 7) is 5.75. The Morgan fingerprint density at radius 3 is 2.88 bits per heavy atom. The van der Waals surface area contributed by atoms with E-state index in [9.17, 15) is 18.8 Å². The SMILES string of the molecule is Cc1nc2c(C#N)cnn2c(C)c1CCC(=O)NCC1CCN(c2ccc(F)c(F)c2)C1. The summed E-state index contributed by atoms with van der Waals surface area (Å²) in [5, 5.41) is 16.4. The maximum absolute atomic E-state index is 13.5. The topological polar surface area (TPSA) is 86.3 Å². The summed E-state index contributed by atoms with van der Waals surface area (Å²) in [6, 6.07) is 6.02. The molecule has 32 heavy (non-hydrogen) atoms. The molecule has 1 aliphatic heterocycles. The van der Waals surface area contributed by atoms with Crippen LogP contribution in [-0.2, 0) is 11.2 Å². The Bertz CT molecular complexity index is 1220. The largest absolute Gasteiger partial charge is 0.371 e. The molecule has 2 aromatic heterocycles. The maximum Gasteiger partial charge on any atom is 0.220 e. The summed E-state index contributed by atoms with van der Waals surface area (Å²) >= 11 is 0. The van der Waals surface area contributed by atoms with Crippen LogP contribution in [0.5, 0.6) is 0 Å². The van der Waals surface area contributed by atoms with Gasteiger partial charge in [-0.25, -0.2) is 18.3 Å². The fraction of sp³-hybridized carbons (Fsp3) is 0.391. The first kappa shape index (κ1) is 21.7. The summed E-state index contributed by atoms with van der Waals surface area (Å²) in [7, 11) is 0. The summed E-state index contributed by atoms with van der Waals surface area (Å²) in [6.07, 6.45) is 3.22. The maximum atomic E-state index is 13.5. The number of halogens is 2. The first-order chi connectivity index (χ1) is 15.4. The highest BCUT2D eigenvalue weighted by Crippen LogP contribution is 2.25. The second kappa shape index (κ2) is 8.91. The lowest BCUT2D eigenvalue weighted by molar-refractivity contribution is -0.121. The average molecular weight is 438 g/mol. The van der Waals surface area contributed by atoms with E-state index in [1.807, 2.05) is 18.7 Å². The number of carbonyl (C=O) groups excluding carboxylic acids is 1. The minimum atomic E-state index is -0.852. The van der Waals surface area contributed by atoms with Gasteiger partial charge in [0, 0.05) is 49.2 Å². The molecule has 166 valence electrons. The third kappa shape index (κ3) is 4.26. The Labute approximate surface area is 184 Å². The van der Waals surface area contributed by atoms with Crippen molar-refractivity contribution in [1.29, 1.82) is 5.26 Å².